The topological polar surface area (TPSA) is 271 Å². The van der Waals surface area contributed by atoms with Gasteiger partial charge in [-0.05, 0) is 204 Å². The number of aromatic amines is 3. The Morgan fingerprint density at radius 1 is 0.385 bits per heavy atom. The lowest BCUT2D eigenvalue weighted by molar-refractivity contribution is -0.384. The van der Waals surface area contributed by atoms with E-state index in [1.165, 1.54) is 24.3 Å². The number of H-pyrrole nitrogens is 3. The Hall–Kier alpha value is -10.9. The SMILES string of the molecule is COCCOCCOc1ccc(C2c3[nH]c4ccc(Cl)cc4c3CCN2C(=O)Oc2ccc(Br)cc2)cc1.COCCOCCOc1ccc(C2c3[nH]c4ccc(Cl)cc4c3CCN2C(=O)Oc2ccc(OC)cc2)cc1.COCCOCCOc1ccc(C2c3[nH]c4ccc(Cl)cc4c3CCN2C(=O)Oc2ccc([N+](=O)[O-])cc2)cc1. The van der Waals surface area contributed by atoms with Crippen molar-refractivity contribution in [3.63, 3.8) is 0 Å². The van der Waals surface area contributed by atoms with Crippen molar-refractivity contribution < 1.29 is 80.9 Å². The van der Waals surface area contributed by atoms with Crippen molar-refractivity contribution in [2.75, 3.05) is 127 Å². The number of halogens is 4. The molecule has 3 atom stereocenters. The van der Waals surface area contributed by atoms with Crippen molar-refractivity contribution in [2.24, 2.45) is 0 Å². The van der Waals surface area contributed by atoms with Crippen LogP contribution in [0.2, 0.25) is 15.1 Å². The summed E-state index contributed by atoms with van der Waals surface area (Å²) >= 11 is 22.3. The fraction of sp³-hybridized carbons (Fsp3) is 0.284. The number of carbonyl (C=O) groups is 3. The zero-order chi connectivity index (χ0) is 81.7. The van der Waals surface area contributed by atoms with E-state index in [-0.39, 0.29) is 23.5 Å². The third-order valence-corrected chi connectivity index (χ3v) is 21.1. The van der Waals surface area contributed by atoms with Crippen molar-refractivity contribution in [1.29, 1.82) is 0 Å². The molecule has 9 aromatic carbocycles. The predicted octanol–water partition coefficient (Wildman–Crippen LogP) is 18.7. The third kappa shape index (κ3) is 21.3. The van der Waals surface area contributed by atoms with Gasteiger partial charge >= 0.3 is 18.3 Å². The molecule has 610 valence electrons. The minimum absolute atomic E-state index is 0.0825. The maximum absolute atomic E-state index is 13.5. The van der Waals surface area contributed by atoms with Crippen molar-refractivity contribution in [1.82, 2.24) is 29.7 Å². The van der Waals surface area contributed by atoms with E-state index < -0.39 is 29.2 Å². The summed E-state index contributed by atoms with van der Waals surface area (Å²) in [5.74, 6) is 3.98. The highest BCUT2D eigenvalue weighted by atomic mass is 79.9. The van der Waals surface area contributed by atoms with E-state index in [2.05, 4.69) is 30.9 Å². The van der Waals surface area contributed by atoms with E-state index in [9.17, 15) is 24.5 Å². The minimum Gasteiger partial charge on any atom is -0.497 e. The lowest BCUT2D eigenvalue weighted by Crippen LogP contribution is -2.42. The van der Waals surface area contributed by atoms with Crippen LogP contribution in [-0.2, 0) is 47.7 Å². The number of nitrogens with one attached hydrogen (secondary N) is 3. The van der Waals surface area contributed by atoms with Crippen LogP contribution in [0.5, 0.6) is 40.2 Å². The van der Waals surface area contributed by atoms with E-state index in [1.807, 2.05) is 140 Å². The molecule has 0 aliphatic carbocycles. The first-order chi connectivity index (χ1) is 57.0. The second-order valence-electron chi connectivity index (χ2n) is 27.2. The maximum atomic E-state index is 13.5. The minimum atomic E-state index is -0.560. The van der Waals surface area contributed by atoms with E-state index in [0.717, 1.165) is 99.1 Å². The zero-order valence-corrected chi connectivity index (χ0v) is 68.5. The lowest BCUT2D eigenvalue weighted by atomic mass is 9.92. The molecule has 117 heavy (non-hydrogen) atoms. The van der Waals surface area contributed by atoms with E-state index in [4.69, 9.17) is 96.4 Å². The third-order valence-electron chi connectivity index (χ3n) is 19.9. The summed E-state index contributed by atoms with van der Waals surface area (Å²) in [5.41, 5.74) is 11.8. The van der Waals surface area contributed by atoms with Crippen molar-refractivity contribution in [2.45, 2.75) is 37.4 Å². The molecule has 12 aromatic rings. The zero-order valence-electron chi connectivity index (χ0n) is 64.7. The molecule has 3 aliphatic rings. The molecule has 3 aliphatic heterocycles. The average Bonchev–Trinajstić information content (AvgIpc) is 1.64. The second kappa shape index (κ2) is 40.8. The summed E-state index contributed by atoms with van der Waals surface area (Å²) in [5, 5.41) is 16.1. The first kappa shape index (κ1) is 84.0. The molecule has 0 radical (unpaired) electrons. The Kier molecular flexibility index (Phi) is 29.3. The van der Waals surface area contributed by atoms with Crippen molar-refractivity contribution >= 4 is 107 Å². The Morgan fingerprint density at radius 2 is 0.667 bits per heavy atom. The number of carbonyl (C=O) groups excluding carboxylic acids is 3. The van der Waals surface area contributed by atoms with Gasteiger partial charge in [-0.1, -0.05) is 87.1 Å². The number of rotatable bonds is 29. The summed E-state index contributed by atoms with van der Waals surface area (Å²) in [6, 6.07) is 58.9. The molecule has 3 N–H and O–H groups in total. The Labute approximate surface area is 698 Å². The van der Waals surface area contributed by atoms with Crippen LogP contribution in [0, 0.1) is 10.1 Å². The van der Waals surface area contributed by atoms with Crippen LogP contribution in [0.25, 0.3) is 32.7 Å². The molecule has 3 aromatic heterocycles. The molecule has 15 rings (SSSR count). The average molecular weight is 1720 g/mol. The fourth-order valence-corrected chi connectivity index (χ4v) is 15.1. The molecule has 29 heteroatoms. The van der Waals surface area contributed by atoms with Gasteiger partial charge in [0.2, 0.25) is 0 Å². The summed E-state index contributed by atoms with van der Waals surface area (Å²) in [4.78, 5) is 66.6. The molecule has 0 spiro atoms. The first-order valence-electron chi connectivity index (χ1n) is 37.9. The Morgan fingerprint density at radius 3 is 0.966 bits per heavy atom. The number of aromatic nitrogens is 3. The van der Waals surface area contributed by atoms with Gasteiger partial charge < -0.3 is 76.5 Å². The molecule has 0 saturated heterocycles. The standard InChI is InChI=1S/C30H31ClN2O6.C29H28BrClN2O5.C29H28ClN3O7/c1-35-15-16-37-17-18-38-23-6-3-20(4-7-23)29-28-25(26-19-21(31)5-12-27(26)32-28)13-14-33(29)30(34)39-24-10-8-22(36-2)9-11-24;1-35-14-15-36-16-17-37-22-7-2-19(3-8-22)28-27-24(25-18-21(31)6-11-26(25)32-27)12-13-33(28)29(34)38-23-9-4-20(30)5-10-23;1-37-14-15-38-16-17-39-22-7-2-19(3-8-22)28-27-24(25-18-20(30)4-11-26(25)31-27)12-13-32(28)29(34)40-23-9-5-21(6-10-23)33(35)36/h3-12,19,29,32H,13-18H2,1-2H3;2-11,18,28,32H,12-17H2,1H3;2-11,18,28,31H,12-17H2,1H3. The molecule has 0 fully saturated rings. The lowest BCUT2D eigenvalue weighted by Gasteiger charge is -2.35. The van der Waals surface area contributed by atoms with Gasteiger partial charge in [0.15, 0.2) is 0 Å². The maximum Gasteiger partial charge on any atom is 0.416 e. The predicted molar refractivity (Wildman–Crippen MR) is 449 cm³/mol. The van der Waals surface area contributed by atoms with E-state index in [0.29, 0.717) is 156 Å². The highest BCUT2D eigenvalue weighted by Crippen LogP contribution is 2.44. The van der Waals surface area contributed by atoms with E-state index >= 15 is 0 Å². The van der Waals surface area contributed by atoms with Gasteiger partial charge in [0.25, 0.3) is 5.69 Å². The number of hydrogen-bond donors (Lipinski definition) is 3. The highest BCUT2D eigenvalue weighted by molar-refractivity contribution is 9.10. The van der Waals surface area contributed by atoms with Crippen molar-refractivity contribution in [3.8, 4) is 40.2 Å². The number of nitrogens with zero attached hydrogens (tertiary/aromatic N) is 4. The number of benzene rings is 9. The van der Waals surface area contributed by atoms with E-state index in [1.54, 1.807) is 79.5 Å². The number of nitro benzene ring substituents is 1. The van der Waals surface area contributed by atoms with Crippen LogP contribution in [0.3, 0.4) is 0 Å². The number of fused-ring (bicyclic) bond motifs is 9. The van der Waals surface area contributed by atoms with Gasteiger partial charge in [-0.2, -0.15) is 0 Å². The molecular weight excluding hydrogens is 1630 g/mol. The van der Waals surface area contributed by atoms with Crippen LogP contribution >= 0.6 is 50.7 Å². The molecule has 6 heterocycles. The monoisotopic (exact) mass is 1710 g/mol. The van der Waals surface area contributed by atoms with Crippen LogP contribution < -0.4 is 33.2 Å². The quantitative estimate of drug-likeness (QED) is 0.0223. The molecule has 0 bridgehead atoms. The highest BCUT2D eigenvalue weighted by Gasteiger charge is 2.39. The number of hydrogen-bond acceptors (Lipinski definition) is 18. The Bertz CT molecular complexity index is 5330. The van der Waals surface area contributed by atoms with Crippen LogP contribution in [0.15, 0.2) is 205 Å². The molecular formula is C88H87BrCl3N7O18. The smallest absolute Gasteiger partial charge is 0.416 e. The second-order valence-corrected chi connectivity index (χ2v) is 29.4. The van der Waals surface area contributed by atoms with Gasteiger partial charge in [0.05, 0.1) is 71.5 Å². The number of nitro groups is 1. The normalized spacial score (nSPS) is 14.8. The number of ether oxygens (including phenoxy) is 13. The van der Waals surface area contributed by atoms with Gasteiger partial charge in [0.1, 0.15) is 78.2 Å². The van der Waals surface area contributed by atoms with Crippen LogP contribution in [0.4, 0.5) is 20.1 Å². The molecule has 3 unspecified atom stereocenters. The van der Waals surface area contributed by atoms with Gasteiger partial charge in [-0.15, -0.1) is 0 Å². The van der Waals surface area contributed by atoms with Gasteiger partial charge in [-0.3, -0.25) is 24.8 Å². The molecule has 3 amide bonds. The van der Waals surface area contributed by atoms with Crippen LogP contribution in [0.1, 0.15) is 68.6 Å². The van der Waals surface area contributed by atoms with Gasteiger partial charge in [-0.25, -0.2) is 14.4 Å². The molecule has 25 nitrogen and oxygen atoms in total. The Balaban J connectivity index is 0.000000152. The van der Waals surface area contributed by atoms with Crippen LogP contribution in [-0.4, -0.2) is 180 Å². The summed E-state index contributed by atoms with van der Waals surface area (Å²) in [6.07, 6.45) is 0.565. The number of amides is 3. The number of non-ortho nitro benzene ring substituents is 1. The largest absolute Gasteiger partial charge is 0.497 e. The number of methoxy groups -OCH3 is 4. The summed E-state index contributed by atoms with van der Waals surface area (Å²) in [6.45, 7) is 7.25. The van der Waals surface area contributed by atoms with Gasteiger partial charge in [0, 0.05) is 122 Å². The summed E-state index contributed by atoms with van der Waals surface area (Å²) in [7, 11) is 6.50. The summed E-state index contributed by atoms with van der Waals surface area (Å²) < 4.78 is 72.1. The molecule has 0 saturated carbocycles. The first-order valence-corrected chi connectivity index (χ1v) is 39.9. The van der Waals surface area contributed by atoms with Crippen molar-refractivity contribution in [3.05, 3.63) is 280 Å². The fourth-order valence-electron chi connectivity index (χ4n) is 14.3.